The molecule has 19 heavy (non-hydrogen) atoms. The zero-order chi connectivity index (χ0) is 13.1. The maximum atomic E-state index is 11.9. The summed E-state index contributed by atoms with van der Waals surface area (Å²) in [6.07, 6.45) is 3.40. The van der Waals surface area contributed by atoms with Gasteiger partial charge < -0.3 is 9.64 Å². The number of ether oxygens (including phenoxy) is 1. The molecule has 1 aliphatic heterocycles. The molecule has 0 saturated carbocycles. The van der Waals surface area contributed by atoms with Crippen LogP contribution in [0, 0.1) is 5.92 Å². The molecule has 5 nitrogen and oxygen atoms in total. The first-order valence-corrected chi connectivity index (χ1v) is 6.97. The van der Waals surface area contributed by atoms with Gasteiger partial charge in [0, 0.05) is 30.6 Å². The third kappa shape index (κ3) is 2.73. The molecule has 3 rings (SSSR count). The van der Waals surface area contributed by atoms with E-state index in [1.165, 1.54) is 11.3 Å². The Labute approximate surface area is 114 Å². The second-order valence-electron chi connectivity index (χ2n) is 4.45. The van der Waals surface area contributed by atoms with Gasteiger partial charge in [0.05, 0.1) is 18.3 Å². The third-order valence-electron chi connectivity index (χ3n) is 3.02. The molecule has 98 valence electrons. The number of aromatic nitrogens is 2. The average molecular weight is 275 g/mol. The minimum Gasteiger partial charge on any atom is -0.492 e. The van der Waals surface area contributed by atoms with Gasteiger partial charge in [-0.25, -0.2) is 4.98 Å². The highest BCUT2D eigenvalue weighted by Gasteiger charge is 2.32. The maximum absolute atomic E-state index is 11.9. The van der Waals surface area contributed by atoms with E-state index < -0.39 is 0 Å². The number of thiazole rings is 1. The summed E-state index contributed by atoms with van der Waals surface area (Å²) in [5, 5.41) is 1.78. The Hall–Kier alpha value is -1.95. The molecule has 0 unspecified atom stereocenters. The van der Waals surface area contributed by atoms with E-state index in [-0.39, 0.29) is 5.91 Å². The summed E-state index contributed by atoms with van der Waals surface area (Å²) in [5.74, 6) is 1.17. The molecule has 0 atom stereocenters. The van der Waals surface area contributed by atoms with Crippen LogP contribution in [0.25, 0.3) is 0 Å². The molecule has 1 amide bonds. The van der Waals surface area contributed by atoms with Gasteiger partial charge in [-0.3, -0.25) is 9.78 Å². The molecular formula is C13H13N3O2S. The van der Waals surface area contributed by atoms with Gasteiger partial charge in [0.15, 0.2) is 0 Å². The largest absolute Gasteiger partial charge is 0.492 e. The van der Waals surface area contributed by atoms with Crippen LogP contribution in [0.4, 0.5) is 0 Å². The molecule has 1 fully saturated rings. The van der Waals surface area contributed by atoms with Gasteiger partial charge in [-0.15, -0.1) is 11.3 Å². The molecule has 0 aromatic carbocycles. The molecule has 0 bridgehead atoms. The number of hydrogen-bond acceptors (Lipinski definition) is 5. The van der Waals surface area contributed by atoms with E-state index in [1.807, 2.05) is 12.1 Å². The van der Waals surface area contributed by atoms with Gasteiger partial charge >= 0.3 is 0 Å². The number of nitrogens with zero attached hydrogens (tertiary/aromatic N) is 3. The highest BCUT2D eigenvalue weighted by molar-refractivity contribution is 7.07. The number of likely N-dealkylation sites (tertiary alicyclic amines) is 1. The molecule has 2 aromatic rings. The summed E-state index contributed by atoms with van der Waals surface area (Å²) in [5.41, 5.74) is 2.22. The van der Waals surface area contributed by atoms with Crippen LogP contribution >= 0.6 is 11.3 Å². The van der Waals surface area contributed by atoms with E-state index in [0.29, 0.717) is 18.2 Å². The van der Waals surface area contributed by atoms with Crippen molar-refractivity contribution in [2.75, 3.05) is 19.7 Å². The summed E-state index contributed by atoms with van der Waals surface area (Å²) in [6.45, 7) is 2.08. The summed E-state index contributed by atoms with van der Waals surface area (Å²) in [6, 6.07) is 3.72. The second kappa shape index (κ2) is 5.36. The van der Waals surface area contributed by atoms with Gasteiger partial charge in [-0.2, -0.15) is 0 Å². The molecule has 1 saturated heterocycles. The van der Waals surface area contributed by atoms with Crippen molar-refractivity contribution in [1.29, 1.82) is 0 Å². The van der Waals surface area contributed by atoms with Crippen LogP contribution in [-0.4, -0.2) is 40.5 Å². The SMILES string of the molecule is O=C(c1cscn1)N1CC(COc2cccnc2)C1. The van der Waals surface area contributed by atoms with Crippen molar-refractivity contribution in [3.05, 3.63) is 41.1 Å². The van der Waals surface area contributed by atoms with Crippen molar-refractivity contribution < 1.29 is 9.53 Å². The molecule has 0 aliphatic carbocycles. The fourth-order valence-electron chi connectivity index (χ4n) is 1.97. The van der Waals surface area contributed by atoms with Crippen molar-refractivity contribution in [3.8, 4) is 5.75 Å². The lowest BCUT2D eigenvalue weighted by atomic mass is 10.0. The summed E-state index contributed by atoms with van der Waals surface area (Å²) >= 11 is 1.44. The van der Waals surface area contributed by atoms with E-state index in [4.69, 9.17) is 4.74 Å². The highest BCUT2D eigenvalue weighted by Crippen LogP contribution is 2.20. The molecule has 1 aliphatic rings. The first-order chi connectivity index (χ1) is 9.33. The quantitative estimate of drug-likeness (QED) is 0.852. The van der Waals surface area contributed by atoms with E-state index in [2.05, 4.69) is 9.97 Å². The lowest BCUT2D eigenvalue weighted by Crippen LogP contribution is -2.52. The lowest BCUT2D eigenvalue weighted by molar-refractivity contribution is 0.0388. The van der Waals surface area contributed by atoms with Gasteiger partial charge in [0.25, 0.3) is 5.91 Å². The monoisotopic (exact) mass is 275 g/mol. The number of pyridine rings is 1. The molecule has 0 spiro atoms. The van der Waals surface area contributed by atoms with E-state index in [9.17, 15) is 4.79 Å². The zero-order valence-corrected chi connectivity index (χ0v) is 11.0. The maximum Gasteiger partial charge on any atom is 0.273 e. The Balaban J connectivity index is 1.45. The second-order valence-corrected chi connectivity index (χ2v) is 5.17. The Morgan fingerprint density at radius 3 is 3.11 bits per heavy atom. The first kappa shape index (κ1) is 12.1. The lowest BCUT2D eigenvalue weighted by Gasteiger charge is -2.38. The molecular weight excluding hydrogens is 262 g/mol. The van der Waals surface area contributed by atoms with Crippen molar-refractivity contribution in [1.82, 2.24) is 14.9 Å². The number of carbonyl (C=O) groups is 1. The Kier molecular flexibility index (Phi) is 3.41. The van der Waals surface area contributed by atoms with Crippen LogP contribution in [0.15, 0.2) is 35.4 Å². The van der Waals surface area contributed by atoms with E-state index >= 15 is 0 Å². The summed E-state index contributed by atoms with van der Waals surface area (Å²) in [7, 11) is 0. The van der Waals surface area contributed by atoms with Gasteiger partial charge in [0.2, 0.25) is 0 Å². The normalized spacial score (nSPS) is 15.1. The number of hydrogen-bond donors (Lipinski definition) is 0. The van der Waals surface area contributed by atoms with Crippen molar-refractivity contribution in [2.45, 2.75) is 0 Å². The Bertz CT molecular complexity index is 538. The van der Waals surface area contributed by atoms with Crippen LogP contribution < -0.4 is 4.74 Å². The molecule has 0 N–H and O–H groups in total. The highest BCUT2D eigenvalue weighted by atomic mass is 32.1. The fraction of sp³-hybridized carbons (Fsp3) is 0.308. The predicted molar refractivity (Wildman–Crippen MR) is 71.2 cm³/mol. The van der Waals surface area contributed by atoms with Crippen molar-refractivity contribution in [2.24, 2.45) is 5.92 Å². The van der Waals surface area contributed by atoms with Crippen LogP contribution in [0.1, 0.15) is 10.5 Å². The minimum atomic E-state index is 0.0128. The Morgan fingerprint density at radius 2 is 2.42 bits per heavy atom. The third-order valence-corrected chi connectivity index (χ3v) is 3.60. The number of amides is 1. The molecule has 2 aromatic heterocycles. The predicted octanol–water partition coefficient (Wildman–Crippen LogP) is 1.69. The van der Waals surface area contributed by atoms with Gasteiger partial charge in [0.1, 0.15) is 11.4 Å². The fourth-order valence-corrected chi connectivity index (χ4v) is 2.49. The molecule has 6 heteroatoms. The topological polar surface area (TPSA) is 55.3 Å². The standard InChI is InChI=1S/C13H13N3O2S/c17-13(12-8-19-9-15-12)16-5-10(6-16)7-18-11-2-1-3-14-4-11/h1-4,8-10H,5-7H2. The van der Waals surface area contributed by atoms with Crippen LogP contribution in [0.2, 0.25) is 0 Å². The van der Waals surface area contributed by atoms with Crippen LogP contribution in [0.3, 0.4) is 0 Å². The van der Waals surface area contributed by atoms with Gasteiger partial charge in [-0.1, -0.05) is 0 Å². The van der Waals surface area contributed by atoms with Crippen molar-refractivity contribution >= 4 is 17.2 Å². The molecule has 3 heterocycles. The van der Waals surface area contributed by atoms with Crippen LogP contribution in [-0.2, 0) is 0 Å². The van der Waals surface area contributed by atoms with Crippen LogP contribution in [0.5, 0.6) is 5.75 Å². The average Bonchev–Trinajstić information content (AvgIpc) is 2.91. The van der Waals surface area contributed by atoms with E-state index in [0.717, 1.165) is 18.8 Å². The summed E-state index contributed by atoms with van der Waals surface area (Å²) in [4.78, 5) is 21.7. The zero-order valence-electron chi connectivity index (χ0n) is 10.2. The smallest absolute Gasteiger partial charge is 0.273 e. The van der Waals surface area contributed by atoms with Crippen molar-refractivity contribution in [3.63, 3.8) is 0 Å². The number of carbonyl (C=O) groups excluding carboxylic acids is 1. The number of rotatable bonds is 4. The minimum absolute atomic E-state index is 0.0128. The molecule has 0 radical (unpaired) electrons. The summed E-state index contributed by atoms with van der Waals surface area (Å²) < 4.78 is 5.61. The first-order valence-electron chi connectivity index (χ1n) is 6.03. The van der Waals surface area contributed by atoms with E-state index in [1.54, 1.807) is 28.2 Å². The van der Waals surface area contributed by atoms with Gasteiger partial charge in [-0.05, 0) is 12.1 Å². The Morgan fingerprint density at radius 1 is 1.53 bits per heavy atom.